The van der Waals surface area contributed by atoms with Gasteiger partial charge in [0, 0.05) is 19.6 Å². The number of amides is 1. The largest absolute Gasteiger partial charge is 0.444 e. The van der Waals surface area contributed by atoms with Gasteiger partial charge in [0.1, 0.15) is 5.60 Å². The maximum Gasteiger partial charge on any atom is 0.410 e. The quantitative estimate of drug-likeness (QED) is 0.762. The summed E-state index contributed by atoms with van der Waals surface area (Å²) in [5.74, 6) is 0.653. The van der Waals surface area contributed by atoms with Crippen LogP contribution >= 0.6 is 0 Å². The van der Waals surface area contributed by atoms with Crippen LogP contribution in [-0.4, -0.2) is 55.5 Å². The van der Waals surface area contributed by atoms with Crippen LogP contribution in [0.5, 0.6) is 0 Å². The number of rotatable bonds is 6. The Balaban J connectivity index is 1.51. The van der Waals surface area contributed by atoms with E-state index in [0.717, 1.165) is 45.6 Å². The molecule has 1 saturated carbocycles. The van der Waals surface area contributed by atoms with Crippen molar-refractivity contribution in [2.75, 3.05) is 32.8 Å². The number of nitrogens with one attached hydrogen (secondary N) is 1. The Morgan fingerprint density at radius 1 is 1.13 bits per heavy atom. The minimum absolute atomic E-state index is 0.172. The van der Waals surface area contributed by atoms with E-state index in [9.17, 15) is 4.79 Å². The van der Waals surface area contributed by atoms with Crippen LogP contribution in [0.2, 0.25) is 0 Å². The van der Waals surface area contributed by atoms with E-state index in [2.05, 4.69) is 5.32 Å². The molecule has 5 heteroatoms. The molecule has 0 bridgehead atoms. The van der Waals surface area contributed by atoms with Gasteiger partial charge < -0.3 is 19.7 Å². The topological polar surface area (TPSA) is 50.8 Å². The lowest BCUT2D eigenvalue weighted by molar-refractivity contribution is 0.0182. The zero-order valence-electron chi connectivity index (χ0n) is 15.1. The first-order chi connectivity index (χ1) is 10.9. The van der Waals surface area contributed by atoms with Gasteiger partial charge in [-0.2, -0.15) is 0 Å². The van der Waals surface area contributed by atoms with Gasteiger partial charge in [-0.3, -0.25) is 0 Å². The highest BCUT2D eigenvalue weighted by Gasteiger charge is 2.26. The van der Waals surface area contributed by atoms with Gasteiger partial charge in [-0.15, -0.1) is 0 Å². The molecule has 0 aromatic carbocycles. The van der Waals surface area contributed by atoms with E-state index in [1.807, 2.05) is 25.7 Å². The summed E-state index contributed by atoms with van der Waals surface area (Å²) in [6.07, 6.45) is 7.57. The zero-order chi connectivity index (χ0) is 16.7. The minimum Gasteiger partial charge on any atom is -0.444 e. The van der Waals surface area contributed by atoms with Crippen molar-refractivity contribution in [2.24, 2.45) is 5.92 Å². The summed E-state index contributed by atoms with van der Waals surface area (Å²) in [6.45, 7) is 10.1. The number of nitrogens with zero attached hydrogens (tertiary/aromatic N) is 1. The van der Waals surface area contributed by atoms with Crippen molar-refractivity contribution in [1.82, 2.24) is 10.2 Å². The predicted octanol–water partition coefficient (Wildman–Crippen LogP) is 3.18. The monoisotopic (exact) mass is 326 g/mol. The predicted molar refractivity (Wildman–Crippen MR) is 91.6 cm³/mol. The van der Waals surface area contributed by atoms with Crippen LogP contribution in [0.25, 0.3) is 0 Å². The minimum atomic E-state index is -0.408. The van der Waals surface area contributed by atoms with Crippen LogP contribution in [0.3, 0.4) is 0 Å². The Hall–Kier alpha value is -0.810. The van der Waals surface area contributed by atoms with Crippen LogP contribution in [0.15, 0.2) is 0 Å². The molecule has 0 atom stereocenters. The number of hydrogen-bond acceptors (Lipinski definition) is 4. The summed E-state index contributed by atoms with van der Waals surface area (Å²) in [7, 11) is 0. The Labute approximate surface area is 141 Å². The number of carbonyl (C=O) groups is 1. The third-order valence-electron chi connectivity index (χ3n) is 4.63. The Kier molecular flexibility index (Phi) is 7.15. The standard InChI is InChI=1S/C18H34N2O3/c1-18(2,3)23-17(21)20-11-8-15(9-12-20)14-19-10-13-22-16-6-4-5-7-16/h15-16,19H,4-14H2,1-3H3. The van der Waals surface area contributed by atoms with E-state index in [1.54, 1.807) is 0 Å². The molecule has 23 heavy (non-hydrogen) atoms. The van der Waals surface area contributed by atoms with E-state index in [4.69, 9.17) is 9.47 Å². The van der Waals surface area contributed by atoms with Gasteiger partial charge in [0.05, 0.1) is 12.7 Å². The number of ether oxygens (including phenoxy) is 2. The number of piperidine rings is 1. The molecule has 2 aliphatic rings. The third kappa shape index (κ3) is 7.08. The summed E-state index contributed by atoms with van der Waals surface area (Å²) in [4.78, 5) is 13.9. The van der Waals surface area contributed by atoms with E-state index < -0.39 is 5.60 Å². The van der Waals surface area contributed by atoms with E-state index in [1.165, 1.54) is 25.7 Å². The fraction of sp³-hybridized carbons (Fsp3) is 0.944. The maximum absolute atomic E-state index is 12.0. The van der Waals surface area contributed by atoms with Gasteiger partial charge in [0.25, 0.3) is 0 Å². The lowest BCUT2D eigenvalue weighted by Gasteiger charge is -2.33. The van der Waals surface area contributed by atoms with Gasteiger partial charge in [0.2, 0.25) is 0 Å². The first-order valence-corrected chi connectivity index (χ1v) is 9.24. The molecule has 1 aliphatic heterocycles. The molecule has 0 aromatic rings. The Morgan fingerprint density at radius 3 is 2.39 bits per heavy atom. The van der Waals surface area contributed by atoms with Gasteiger partial charge in [-0.1, -0.05) is 12.8 Å². The van der Waals surface area contributed by atoms with Crippen molar-refractivity contribution >= 4 is 6.09 Å². The van der Waals surface area contributed by atoms with E-state index >= 15 is 0 Å². The lowest BCUT2D eigenvalue weighted by Crippen LogP contribution is -2.43. The van der Waals surface area contributed by atoms with Crippen molar-refractivity contribution in [3.8, 4) is 0 Å². The lowest BCUT2D eigenvalue weighted by atomic mass is 9.97. The second kappa shape index (κ2) is 8.88. The molecule has 1 amide bonds. The molecule has 2 rings (SSSR count). The zero-order valence-corrected chi connectivity index (χ0v) is 15.1. The highest BCUT2D eigenvalue weighted by molar-refractivity contribution is 5.68. The molecular formula is C18H34N2O3. The second-order valence-corrected chi connectivity index (χ2v) is 7.89. The van der Waals surface area contributed by atoms with Gasteiger partial charge in [-0.25, -0.2) is 4.79 Å². The SMILES string of the molecule is CC(C)(C)OC(=O)N1CCC(CNCCOC2CCCC2)CC1. The normalized spacial score (nSPS) is 20.9. The summed E-state index contributed by atoms with van der Waals surface area (Å²) in [6, 6.07) is 0. The first kappa shape index (κ1) is 18.5. The van der Waals surface area contributed by atoms with Crippen molar-refractivity contribution < 1.29 is 14.3 Å². The molecule has 0 aromatic heterocycles. The molecule has 5 nitrogen and oxygen atoms in total. The van der Waals surface area contributed by atoms with E-state index in [-0.39, 0.29) is 6.09 Å². The first-order valence-electron chi connectivity index (χ1n) is 9.24. The van der Waals surface area contributed by atoms with Gasteiger partial charge >= 0.3 is 6.09 Å². The molecule has 134 valence electrons. The Morgan fingerprint density at radius 2 is 1.78 bits per heavy atom. The van der Waals surface area contributed by atoms with Crippen LogP contribution < -0.4 is 5.32 Å². The van der Waals surface area contributed by atoms with Crippen molar-refractivity contribution in [3.63, 3.8) is 0 Å². The highest BCUT2D eigenvalue weighted by atomic mass is 16.6. The Bertz CT molecular complexity index is 354. The molecular weight excluding hydrogens is 292 g/mol. The number of likely N-dealkylation sites (tertiary alicyclic amines) is 1. The van der Waals surface area contributed by atoms with Crippen LogP contribution in [0.4, 0.5) is 4.79 Å². The fourth-order valence-corrected chi connectivity index (χ4v) is 3.31. The number of carbonyl (C=O) groups excluding carboxylic acids is 1. The average Bonchev–Trinajstić information content (AvgIpc) is 2.99. The highest BCUT2D eigenvalue weighted by Crippen LogP contribution is 2.21. The van der Waals surface area contributed by atoms with Crippen molar-refractivity contribution in [3.05, 3.63) is 0 Å². The van der Waals surface area contributed by atoms with E-state index in [0.29, 0.717) is 12.0 Å². The summed E-state index contributed by atoms with van der Waals surface area (Å²) in [5, 5.41) is 3.50. The molecule has 0 radical (unpaired) electrons. The van der Waals surface area contributed by atoms with Crippen LogP contribution in [0, 0.1) is 5.92 Å². The molecule has 2 fully saturated rings. The molecule has 1 heterocycles. The second-order valence-electron chi connectivity index (χ2n) is 7.89. The van der Waals surface area contributed by atoms with Crippen LogP contribution in [0.1, 0.15) is 59.3 Å². The molecule has 0 unspecified atom stereocenters. The van der Waals surface area contributed by atoms with Crippen molar-refractivity contribution in [1.29, 1.82) is 0 Å². The summed E-state index contributed by atoms with van der Waals surface area (Å²) < 4.78 is 11.3. The van der Waals surface area contributed by atoms with Gasteiger partial charge in [-0.05, 0) is 58.9 Å². The van der Waals surface area contributed by atoms with Crippen molar-refractivity contribution in [2.45, 2.75) is 71.0 Å². The smallest absolute Gasteiger partial charge is 0.410 e. The molecule has 0 spiro atoms. The number of hydrogen-bond donors (Lipinski definition) is 1. The third-order valence-corrected chi connectivity index (χ3v) is 4.63. The van der Waals surface area contributed by atoms with Gasteiger partial charge in [0.15, 0.2) is 0 Å². The molecule has 1 aliphatic carbocycles. The van der Waals surface area contributed by atoms with Crippen LogP contribution in [-0.2, 0) is 9.47 Å². The average molecular weight is 326 g/mol. The molecule has 1 saturated heterocycles. The summed E-state index contributed by atoms with van der Waals surface area (Å²) >= 11 is 0. The summed E-state index contributed by atoms with van der Waals surface area (Å²) in [5.41, 5.74) is -0.408. The maximum atomic E-state index is 12.0. The molecule has 1 N–H and O–H groups in total. The fourth-order valence-electron chi connectivity index (χ4n) is 3.31.